The predicted octanol–water partition coefficient (Wildman–Crippen LogP) is 9.06. The molecule has 0 spiro atoms. The van der Waals surface area contributed by atoms with Crippen molar-refractivity contribution < 1.29 is 13.2 Å². The van der Waals surface area contributed by atoms with E-state index in [1.54, 1.807) is 0 Å². The van der Waals surface area contributed by atoms with E-state index in [0.717, 1.165) is 48.6 Å². The van der Waals surface area contributed by atoms with Crippen LogP contribution in [0.15, 0.2) is 24.3 Å². The number of nitrogens with one attached hydrogen (secondary N) is 2. The molecular formula is C28H40F3N3S2. The number of halogens is 3. The minimum atomic E-state index is -4.33. The average molecular weight is 540 g/mol. The van der Waals surface area contributed by atoms with Crippen molar-refractivity contribution in [3.05, 3.63) is 44.4 Å². The van der Waals surface area contributed by atoms with Crippen LogP contribution in [0, 0.1) is 9.02 Å². The maximum atomic E-state index is 12.9. The zero-order chi connectivity index (χ0) is 26.1. The normalized spacial score (nSPS) is 18.6. The molecule has 2 N–H and O–H groups in total. The number of benzene rings is 1. The van der Waals surface area contributed by atoms with Gasteiger partial charge in [0.25, 0.3) is 0 Å². The molecule has 2 aromatic rings. The van der Waals surface area contributed by atoms with E-state index >= 15 is 0 Å². The molecule has 3 nitrogen and oxygen atoms in total. The Morgan fingerprint density at radius 2 is 1.44 bits per heavy atom. The Morgan fingerprint density at radius 1 is 0.861 bits per heavy atom. The van der Waals surface area contributed by atoms with Crippen LogP contribution in [0.1, 0.15) is 89.2 Å². The van der Waals surface area contributed by atoms with Gasteiger partial charge >= 0.3 is 6.18 Å². The highest BCUT2D eigenvalue weighted by Gasteiger charge is 2.32. The second-order valence-electron chi connectivity index (χ2n) is 10.0. The van der Waals surface area contributed by atoms with E-state index < -0.39 is 11.7 Å². The predicted molar refractivity (Wildman–Crippen MR) is 150 cm³/mol. The third kappa shape index (κ3) is 7.75. The van der Waals surface area contributed by atoms with Gasteiger partial charge in [-0.1, -0.05) is 88.9 Å². The van der Waals surface area contributed by atoms with Gasteiger partial charge in [0.15, 0.2) is 0 Å². The van der Waals surface area contributed by atoms with E-state index in [2.05, 4.69) is 29.4 Å². The fraction of sp³-hybridized carbons (Fsp3) is 0.643. The van der Waals surface area contributed by atoms with Crippen LogP contribution in [0.3, 0.4) is 0 Å². The fourth-order valence-corrected chi connectivity index (χ4v) is 5.71. The first-order chi connectivity index (χ1) is 17.3. The van der Waals surface area contributed by atoms with Gasteiger partial charge in [0.05, 0.1) is 26.0 Å². The van der Waals surface area contributed by atoms with Crippen LogP contribution in [0.25, 0.3) is 0 Å². The second kappa shape index (κ2) is 13.9. The van der Waals surface area contributed by atoms with Gasteiger partial charge in [-0.2, -0.15) is 13.2 Å². The zero-order valence-electron chi connectivity index (χ0n) is 21.6. The number of hydrogen-bond acceptors (Lipinski definition) is 5. The third-order valence-electron chi connectivity index (χ3n) is 7.29. The summed E-state index contributed by atoms with van der Waals surface area (Å²) in [5.41, 5.74) is 1.85. The van der Waals surface area contributed by atoms with Crippen molar-refractivity contribution in [2.75, 3.05) is 23.7 Å². The van der Waals surface area contributed by atoms with Gasteiger partial charge in [-0.05, 0) is 56.5 Å². The molecule has 0 heterocycles. The van der Waals surface area contributed by atoms with Gasteiger partial charge < -0.3 is 10.6 Å². The molecular weight excluding hydrogens is 499 g/mol. The molecule has 0 aromatic heterocycles. The lowest BCUT2D eigenvalue weighted by Gasteiger charge is -2.41. The Balaban J connectivity index is 1.68. The highest BCUT2D eigenvalue weighted by Crippen LogP contribution is 2.36. The van der Waals surface area contributed by atoms with Crippen molar-refractivity contribution in [2.45, 2.75) is 103 Å². The SMILES string of the molecule is CCCCCN(CCCCC)[C@@H]1CCCC[C@H]1Nc1c(NCc2ccc(C(F)(F)F)cc2)c(=S)c1=S. The molecule has 1 aliphatic carbocycles. The molecule has 2 atom stereocenters. The van der Waals surface area contributed by atoms with E-state index in [4.69, 9.17) is 24.4 Å². The van der Waals surface area contributed by atoms with Crippen LogP contribution in [0.4, 0.5) is 24.5 Å². The first-order valence-electron chi connectivity index (χ1n) is 13.5. The van der Waals surface area contributed by atoms with Crippen LogP contribution in [0.5, 0.6) is 0 Å². The Labute approximate surface area is 224 Å². The molecule has 0 radical (unpaired) electrons. The molecule has 2 aromatic carbocycles. The van der Waals surface area contributed by atoms with E-state index in [9.17, 15) is 13.2 Å². The summed E-state index contributed by atoms with van der Waals surface area (Å²) in [5.74, 6) is 0. The molecule has 200 valence electrons. The summed E-state index contributed by atoms with van der Waals surface area (Å²) in [6.07, 6.45) is 7.85. The summed E-state index contributed by atoms with van der Waals surface area (Å²) in [4.78, 5) is 2.71. The highest BCUT2D eigenvalue weighted by atomic mass is 32.1. The molecule has 8 heteroatoms. The minimum Gasteiger partial charge on any atom is -0.378 e. The minimum absolute atomic E-state index is 0.320. The Morgan fingerprint density at radius 3 is 2.03 bits per heavy atom. The average Bonchev–Trinajstić information content (AvgIpc) is 2.87. The summed E-state index contributed by atoms with van der Waals surface area (Å²) in [6.45, 7) is 7.18. The fourth-order valence-electron chi connectivity index (χ4n) is 5.18. The summed E-state index contributed by atoms with van der Waals surface area (Å²) in [6, 6.07) is 6.05. The molecule has 36 heavy (non-hydrogen) atoms. The molecule has 0 unspecified atom stereocenters. The summed E-state index contributed by atoms with van der Waals surface area (Å²) < 4.78 is 39.9. The van der Waals surface area contributed by atoms with Crippen LogP contribution in [0.2, 0.25) is 0 Å². The molecule has 1 fully saturated rings. The lowest BCUT2D eigenvalue weighted by Crippen LogP contribution is -2.49. The largest absolute Gasteiger partial charge is 0.416 e. The monoisotopic (exact) mass is 539 g/mol. The van der Waals surface area contributed by atoms with E-state index in [0.29, 0.717) is 27.6 Å². The first-order valence-corrected chi connectivity index (χ1v) is 14.3. The number of hydrogen-bond donors (Lipinski definition) is 2. The van der Waals surface area contributed by atoms with Crippen LogP contribution >= 0.6 is 24.4 Å². The Bertz CT molecular complexity index is 1000. The molecule has 1 aliphatic rings. The number of unbranched alkanes of at least 4 members (excludes halogenated alkanes) is 4. The van der Waals surface area contributed by atoms with Gasteiger partial charge in [0, 0.05) is 18.6 Å². The van der Waals surface area contributed by atoms with Crippen LogP contribution in [-0.2, 0) is 12.7 Å². The Kier molecular flexibility index (Phi) is 11.2. The van der Waals surface area contributed by atoms with Gasteiger partial charge in [-0.15, -0.1) is 0 Å². The van der Waals surface area contributed by atoms with Gasteiger partial charge in [0.1, 0.15) is 0 Å². The topological polar surface area (TPSA) is 27.3 Å². The number of nitrogens with zero attached hydrogens (tertiary/aromatic N) is 1. The summed E-state index contributed by atoms with van der Waals surface area (Å²) in [5, 5.41) is 7.10. The second-order valence-corrected chi connectivity index (χ2v) is 10.8. The maximum Gasteiger partial charge on any atom is 0.416 e. The van der Waals surface area contributed by atoms with E-state index in [1.807, 2.05) is 0 Å². The third-order valence-corrected chi connectivity index (χ3v) is 8.23. The molecule has 3 rings (SSSR count). The van der Waals surface area contributed by atoms with Gasteiger partial charge in [0.2, 0.25) is 0 Å². The maximum absolute atomic E-state index is 12.9. The van der Waals surface area contributed by atoms with Gasteiger partial charge in [-0.25, -0.2) is 0 Å². The lowest BCUT2D eigenvalue weighted by atomic mass is 9.88. The van der Waals surface area contributed by atoms with E-state index in [-0.39, 0.29) is 0 Å². The standard InChI is InChI=1S/C28H40F3N3S2/c1-3-5-9-17-34(18-10-6-4-2)23-12-8-7-11-22(23)33-25-24(26(35)27(25)36)32-19-20-13-15-21(16-14-20)28(29,30)31/h13-16,22-23,32-33H,3-12,17-19H2,1-2H3/t22-,23-/m1/s1. The zero-order valence-corrected chi connectivity index (χ0v) is 23.2. The van der Waals surface area contributed by atoms with Crippen molar-refractivity contribution in [1.82, 2.24) is 4.90 Å². The van der Waals surface area contributed by atoms with E-state index in [1.165, 1.54) is 69.9 Å². The van der Waals surface area contributed by atoms with Crippen molar-refractivity contribution in [3.63, 3.8) is 0 Å². The van der Waals surface area contributed by atoms with Crippen LogP contribution in [-0.4, -0.2) is 30.1 Å². The molecule has 0 amide bonds. The quantitative estimate of drug-likeness (QED) is 0.184. The first kappa shape index (κ1) is 29.1. The summed E-state index contributed by atoms with van der Waals surface area (Å²) >= 11 is 11.1. The molecule has 0 saturated heterocycles. The highest BCUT2D eigenvalue weighted by molar-refractivity contribution is 7.74. The Hall–Kier alpha value is -1.51. The summed E-state index contributed by atoms with van der Waals surface area (Å²) in [7, 11) is 0. The molecule has 1 saturated carbocycles. The smallest absolute Gasteiger partial charge is 0.378 e. The molecule has 0 bridgehead atoms. The molecule has 0 aliphatic heterocycles. The van der Waals surface area contributed by atoms with Crippen LogP contribution < -0.4 is 10.6 Å². The van der Waals surface area contributed by atoms with Crippen molar-refractivity contribution in [3.8, 4) is 0 Å². The lowest BCUT2D eigenvalue weighted by molar-refractivity contribution is -0.137. The number of alkyl halides is 3. The van der Waals surface area contributed by atoms with Crippen molar-refractivity contribution >= 4 is 35.8 Å². The number of rotatable bonds is 14. The van der Waals surface area contributed by atoms with Gasteiger partial charge in [-0.3, -0.25) is 4.90 Å². The van der Waals surface area contributed by atoms with Crippen molar-refractivity contribution in [2.24, 2.45) is 0 Å². The van der Waals surface area contributed by atoms with Crippen molar-refractivity contribution in [1.29, 1.82) is 0 Å². The number of anilines is 2.